The molecule has 21 heavy (non-hydrogen) atoms. The van der Waals surface area contributed by atoms with Crippen LogP contribution in [-0.2, 0) is 19.0 Å². The zero-order valence-corrected chi connectivity index (χ0v) is 12.1. The van der Waals surface area contributed by atoms with Gasteiger partial charge in [0.1, 0.15) is 24.4 Å². The number of esters is 1. The summed E-state index contributed by atoms with van der Waals surface area (Å²) in [6.45, 7) is -0.214. The molecule has 4 N–H and O–H groups in total. The SMILES string of the molecule is COC(=O)CCCCCO[C@H]1O[C@H](CO)[C@@H](O)[C@H](O)[C@H]1O. The number of methoxy groups -OCH3 is 1. The highest BCUT2D eigenvalue weighted by Crippen LogP contribution is 2.22. The van der Waals surface area contributed by atoms with Crippen LogP contribution in [0.4, 0.5) is 0 Å². The van der Waals surface area contributed by atoms with E-state index >= 15 is 0 Å². The van der Waals surface area contributed by atoms with E-state index in [1.165, 1.54) is 7.11 Å². The highest BCUT2D eigenvalue weighted by atomic mass is 16.7. The van der Waals surface area contributed by atoms with Crippen molar-refractivity contribution in [2.75, 3.05) is 20.3 Å². The van der Waals surface area contributed by atoms with Gasteiger partial charge in [-0.15, -0.1) is 0 Å². The first-order chi connectivity index (χ1) is 10.0. The maximum absolute atomic E-state index is 10.9. The van der Waals surface area contributed by atoms with E-state index in [0.29, 0.717) is 19.3 Å². The normalized spacial score (nSPS) is 32.9. The van der Waals surface area contributed by atoms with E-state index < -0.39 is 37.3 Å². The molecule has 0 aromatic heterocycles. The Kier molecular flexibility index (Phi) is 8.09. The summed E-state index contributed by atoms with van der Waals surface area (Å²) < 4.78 is 15.0. The molecule has 5 atom stereocenters. The smallest absolute Gasteiger partial charge is 0.305 e. The van der Waals surface area contributed by atoms with Gasteiger partial charge < -0.3 is 34.6 Å². The van der Waals surface area contributed by atoms with Crippen LogP contribution >= 0.6 is 0 Å². The minimum atomic E-state index is -1.43. The number of carbonyl (C=O) groups excluding carboxylic acids is 1. The molecule has 1 saturated heterocycles. The molecule has 0 saturated carbocycles. The predicted molar refractivity (Wildman–Crippen MR) is 70.2 cm³/mol. The highest BCUT2D eigenvalue weighted by molar-refractivity contribution is 5.68. The fourth-order valence-corrected chi connectivity index (χ4v) is 2.05. The van der Waals surface area contributed by atoms with Crippen LogP contribution in [-0.4, -0.2) is 77.4 Å². The second-order valence-corrected chi connectivity index (χ2v) is 4.95. The first kappa shape index (κ1) is 18.3. The molecule has 1 heterocycles. The number of rotatable bonds is 8. The van der Waals surface area contributed by atoms with Crippen molar-refractivity contribution in [1.29, 1.82) is 0 Å². The van der Waals surface area contributed by atoms with Gasteiger partial charge in [0.25, 0.3) is 0 Å². The number of aliphatic hydroxyl groups is 4. The lowest BCUT2D eigenvalue weighted by Crippen LogP contribution is -2.59. The Morgan fingerprint density at radius 1 is 1.10 bits per heavy atom. The van der Waals surface area contributed by atoms with Gasteiger partial charge in [-0.25, -0.2) is 0 Å². The van der Waals surface area contributed by atoms with Crippen LogP contribution < -0.4 is 0 Å². The quantitative estimate of drug-likeness (QED) is 0.316. The van der Waals surface area contributed by atoms with E-state index in [9.17, 15) is 20.1 Å². The van der Waals surface area contributed by atoms with Gasteiger partial charge in [-0.1, -0.05) is 6.42 Å². The standard InChI is InChI=1S/C13H24O8/c1-19-9(15)5-3-2-4-6-20-13-12(18)11(17)10(16)8(7-14)21-13/h8,10-14,16-18H,2-7H2,1H3/t8-,10-,11+,12-,13+/m1/s1. The molecule has 0 spiro atoms. The van der Waals surface area contributed by atoms with Crippen molar-refractivity contribution < 1.29 is 39.4 Å². The molecule has 1 aliphatic heterocycles. The van der Waals surface area contributed by atoms with Crippen molar-refractivity contribution in [2.24, 2.45) is 0 Å². The molecular weight excluding hydrogens is 284 g/mol. The molecule has 124 valence electrons. The van der Waals surface area contributed by atoms with Crippen LogP contribution in [0, 0.1) is 0 Å². The summed E-state index contributed by atoms with van der Waals surface area (Å²) in [7, 11) is 1.34. The Morgan fingerprint density at radius 3 is 2.43 bits per heavy atom. The summed E-state index contributed by atoms with van der Waals surface area (Å²) in [6.07, 6.45) is -3.85. The second kappa shape index (κ2) is 9.29. The van der Waals surface area contributed by atoms with E-state index in [0.717, 1.165) is 6.42 Å². The molecule has 0 aliphatic carbocycles. The Labute approximate surface area is 123 Å². The molecule has 0 aromatic rings. The molecule has 0 bridgehead atoms. The van der Waals surface area contributed by atoms with Gasteiger partial charge >= 0.3 is 5.97 Å². The lowest BCUT2D eigenvalue weighted by Gasteiger charge is -2.39. The van der Waals surface area contributed by atoms with Gasteiger partial charge in [0, 0.05) is 13.0 Å². The number of ether oxygens (including phenoxy) is 3. The fraction of sp³-hybridized carbons (Fsp3) is 0.923. The third-order valence-electron chi connectivity index (χ3n) is 3.38. The Balaban J connectivity index is 2.23. The van der Waals surface area contributed by atoms with Crippen molar-refractivity contribution in [2.45, 2.75) is 56.4 Å². The topological polar surface area (TPSA) is 126 Å². The lowest BCUT2D eigenvalue weighted by molar-refractivity contribution is -0.301. The average Bonchev–Trinajstić information content (AvgIpc) is 2.50. The number of hydrogen-bond donors (Lipinski definition) is 4. The van der Waals surface area contributed by atoms with Gasteiger partial charge in [0.2, 0.25) is 0 Å². The van der Waals surface area contributed by atoms with Crippen LogP contribution in [0.5, 0.6) is 0 Å². The van der Waals surface area contributed by atoms with Crippen molar-refractivity contribution >= 4 is 5.97 Å². The summed E-state index contributed by atoms with van der Waals surface area (Å²) in [5.74, 6) is -0.259. The van der Waals surface area contributed by atoms with E-state index in [-0.39, 0.29) is 12.6 Å². The van der Waals surface area contributed by atoms with Crippen molar-refractivity contribution in [3.05, 3.63) is 0 Å². The summed E-state index contributed by atoms with van der Waals surface area (Å²) in [4.78, 5) is 10.9. The van der Waals surface area contributed by atoms with Gasteiger partial charge in [-0.3, -0.25) is 4.79 Å². The molecular formula is C13H24O8. The summed E-state index contributed by atoms with van der Waals surface area (Å²) >= 11 is 0. The number of unbranched alkanes of at least 4 members (excludes halogenated alkanes) is 2. The molecule has 0 unspecified atom stereocenters. The van der Waals surface area contributed by atoms with Gasteiger partial charge in [0.05, 0.1) is 13.7 Å². The molecule has 0 aromatic carbocycles. The maximum atomic E-state index is 10.9. The summed E-state index contributed by atoms with van der Waals surface area (Å²) in [5, 5.41) is 37.9. The molecule has 0 radical (unpaired) electrons. The highest BCUT2D eigenvalue weighted by Gasteiger charge is 2.43. The van der Waals surface area contributed by atoms with E-state index in [2.05, 4.69) is 4.74 Å². The van der Waals surface area contributed by atoms with Crippen molar-refractivity contribution in [3.63, 3.8) is 0 Å². The maximum Gasteiger partial charge on any atom is 0.305 e. The van der Waals surface area contributed by atoms with Crippen molar-refractivity contribution in [3.8, 4) is 0 Å². The van der Waals surface area contributed by atoms with Gasteiger partial charge in [-0.05, 0) is 12.8 Å². The lowest BCUT2D eigenvalue weighted by atomic mass is 9.99. The van der Waals surface area contributed by atoms with E-state index in [1.54, 1.807) is 0 Å². The molecule has 1 fully saturated rings. The van der Waals surface area contributed by atoms with Gasteiger partial charge in [0.15, 0.2) is 6.29 Å². The van der Waals surface area contributed by atoms with Crippen LogP contribution in [0.15, 0.2) is 0 Å². The summed E-state index contributed by atoms with van der Waals surface area (Å²) in [5.41, 5.74) is 0. The largest absolute Gasteiger partial charge is 0.469 e. The number of carbonyl (C=O) groups is 1. The molecule has 0 amide bonds. The second-order valence-electron chi connectivity index (χ2n) is 4.95. The summed E-state index contributed by atoms with van der Waals surface area (Å²) in [6, 6.07) is 0. The third kappa shape index (κ3) is 5.50. The zero-order valence-electron chi connectivity index (χ0n) is 12.1. The van der Waals surface area contributed by atoms with Crippen molar-refractivity contribution in [1.82, 2.24) is 0 Å². The van der Waals surface area contributed by atoms with Crippen LogP contribution in [0.1, 0.15) is 25.7 Å². The molecule has 8 nitrogen and oxygen atoms in total. The minimum absolute atomic E-state index is 0.259. The van der Waals surface area contributed by atoms with E-state index in [1.807, 2.05) is 0 Å². The number of hydrogen-bond acceptors (Lipinski definition) is 8. The Hall–Kier alpha value is -0.770. The minimum Gasteiger partial charge on any atom is -0.469 e. The Bertz CT molecular complexity index is 309. The number of aliphatic hydroxyl groups excluding tert-OH is 4. The van der Waals surface area contributed by atoms with Crippen LogP contribution in [0.25, 0.3) is 0 Å². The van der Waals surface area contributed by atoms with E-state index in [4.69, 9.17) is 14.6 Å². The van der Waals surface area contributed by atoms with Crippen LogP contribution in [0.2, 0.25) is 0 Å². The first-order valence-corrected chi connectivity index (χ1v) is 7.00. The monoisotopic (exact) mass is 308 g/mol. The first-order valence-electron chi connectivity index (χ1n) is 7.00. The predicted octanol–water partition coefficient (Wildman–Crippen LogP) is -1.46. The van der Waals surface area contributed by atoms with Crippen LogP contribution in [0.3, 0.4) is 0 Å². The zero-order chi connectivity index (χ0) is 15.8. The van der Waals surface area contributed by atoms with Gasteiger partial charge in [-0.2, -0.15) is 0 Å². The average molecular weight is 308 g/mol. The molecule has 1 rings (SSSR count). The Morgan fingerprint density at radius 2 is 1.81 bits per heavy atom. The third-order valence-corrected chi connectivity index (χ3v) is 3.38. The molecule has 8 heteroatoms. The molecule has 1 aliphatic rings. The fourth-order valence-electron chi connectivity index (χ4n) is 2.05.